The molecule has 0 radical (unpaired) electrons. The average molecular weight is 374 g/mol. The number of carbonyl (C=O) groups is 3. The molecule has 0 spiro atoms. The molecule has 6 nitrogen and oxygen atoms in total. The number of unbranched alkanes of at least 4 members (excludes halogenated alkanes) is 1. The number of rotatable bonds is 8. The molecule has 0 aliphatic carbocycles. The van der Waals surface area contributed by atoms with Crippen molar-refractivity contribution in [2.75, 3.05) is 7.11 Å². The highest BCUT2D eigenvalue weighted by Crippen LogP contribution is 2.48. The summed E-state index contributed by atoms with van der Waals surface area (Å²) in [4.78, 5) is 35.9. The molecule has 0 saturated carbocycles. The number of hydrogen-bond acceptors (Lipinski definition) is 6. The molecule has 2 aliphatic rings. The van der Waals surface area contributed by atoms with Gasteiger partial charge in [0.15, 0.2) is 0 Å². The lowest BCUT2D eigenvalue weighted by Crippen LogP contribution is -2.33. The third kappa shape index (κ3) is 4.27. The summed E-state index contributed by atoms with van der Waals surface area (Å²) in [6.45, 7) is 7.09. The van der Waals surface area contributed by atoms with Crippen LogP contribution in [-0.2, 0) is 28.6 Å². The van der Waals surface area contributed by atoms with E-state index < -0.39 is 17.7 Å². The summed E-state index contributed by atoms with van der Waals surface area (Å²) in [6.07, 6.45) is 9.67. The molecule has 6 heteroatoms. The Morgan fingerprint density at radius 3 is 2.48 bits per heavy atom. The fraction of sp³-hybridized carbons (Fsp3) is 0.476. The topological polar surface area (TPSA) is 82.2 Å². The van der Waals surface area contributed by atoms with Gasteiger partial charge in [-0.2, -0.15) is 0 Å². The van der Waals surface area contributed by atoms with Crippen molar-refractivity contribution in [2.45, 2.75) is 58.3 Å². The summed E-state index contributed by atoms with van der Waals surface area (Å²) >= 11 is 0. The van der Waals surface area contributed by atoms with E-state index >= 15 is 0 Å². The molecule has 0 bridgehead atoms. The van der Waals surface area contributed by atoms with Crippen LogP contribution < -0.4 is 0 Å². The number of fused-ring (bicyclic) bond motifs is 1. The number of esters is 2. The highest BCUT2D eigenvalue weighted by Gasteiger charge is 2.76. The molecule has 3 atom stereocenters. The summed E-state index contributed by atoms with van der Waals surface area (Å²) < 4.78 is 15.1. The minimum Gasteiger partial charge on any atom is -0.465 e. The number of ether oxygens (including phenoxy) is 3. The van der Waals surface area contributed by atoms with Crippen LogP contribution in [0.1, 0.15) is 40.5 Å². The Morgan fingerprint density at radius 1 is 1.26 bits per heavy atom. The van der Waals surface area contributed by atoms with E-state index in [0.29, 0.717) is 17.6 Å². The number of carbonyl (C=O) groups excluding carboxylic acids is 3. The second-order valence-corrected chi connectivity index (χ2v) is 6.70. The van der Waals surface area contributed by atoms with Crippen molar-refractivity contribution in [1.82, 2.24) is 0 Å². The van der Waals surface area contributed by atoms with E-state index in [1.807, 2.05) is 19.1 Å². The molecule has 0 N–H and O–H groups in total. The van der Waals surface area contributed by atoms with E-state index in [-0.39, 0.29) is 17.9 Å². The Hall–Kier alpha value is -2.47. The normalized spacial score (nSPS) is 28.2. The van der Waals surface area contributed by atoms with Gasteiger partial charge in [-0.05, 0) is 52.2 Å². The minimum atomic E-state index is -1.40. The van der Waals surface area contributed by atoms with Gasteiger partial charge in [0.1, 0.15) is 12.2 Å². The van der Waals surface area contributed by atoms with Crippen molar-refractivity contribution in [2.24, 2.45) is 0 Å². The first-order valence-electron chi connectivity index (χ1n) is 8.97. The van der Waals surface area contributed by atoms with Crippen LogP contribution >= 0.6 is 0 Å². The fourth-order valence-electron chi connectivity index (χ4n) is 3.07. The molecule has 27 heavy (non-hydrogen) atoms. The predicted molar refractivity (Wildman–Crippen MR) is 99.8 cm³/mol. The van der Waals surface area contributed by atoms with Gasteiger partial charge in [0, 0.05) is 0 Å². The third-order valence-corrected chi connectivity index (χ3v) is 4.65. The fourth-order valence-corrected chi connectivity index (χ4v) is 3.07. The molecule has 2 heterocycles. The smallest absolute Gasteiger partial charge is 0.350 e. The van der Waals surface area contributed by atoms with Crippen molar-refractivity contribution in [3.8, 4) is 0 Å². The lowest BCUT2D eigenvalue weighted by atomic mass is 9.94. The third-order valence-electron chi connectivity index (χ3n) is 4.65. The van der Waals surface area contributed by atoms with Gasteiger partial charge in [-0.1, -0.05) is 29.9 Å². The summed E-state index contributed by atoms with van der Waals surface area (Å²) in [5, 5.41) is 0. The van der Waals surface area contributed by atoms with Gasteiger partial charge in [-0.25, -0.2) is 9.59 Å². The Bertz CT molecular complexity index is 755. The molecule has 0 amide bonds. The number of methoxy groups -OCH3 is 1. The van der Waals surface area contributed by atoms with Crippen molar-refractivity contribution in [3.05, 3.63) is 47.1 Å². The molecule has 0 aromatic carbocycles. The monoisotopic (exact) mass is 374 g/mol. The van der Waals surface area contributed by atoms with Crippen LogP contribution in [0.2, 0.25) is 0 Å². The lowest BCUT2D eigenvalue weighted by Gasteiger charge is -2.07. The highest BCUT2D eigenvalue weighted by molar-refractivity contribution is 6.19. The van der Waals surface area contributed by atoms with Gasteiger partial charge in [-0.3, -0.25) is 4.79 Å². The van der Waals surface area contributed by atoms with E-state index in [2.05, 4.69) is 0 Å². The van der Waals surface area contributed by atoms with Crippen LogP contribution in [0.25, 0.3) is 0 Å². The molecule has 0 unspecified atom stereocenters. The lowest BCUT2D eigenvalue weighted by molar-refractivity contribution is -0.155. The zero-order valence-electron chi connectivity index (χ0n) is 16.4. The summed E-state index contributed by atoms with van der Waals surface area (Å²) in [5.41, 5.74) is 0.524. The Balaban J connectivity index is 1.87. The van der Waals surface area contributed by atoms with Crippen LogP contribution in [0.3, 0.4) is 0 Å². The number of ketones is 1. The van der Waals surface area contributed by atoms with Gasteiger partial charge < -0.3 is 14.2 Å². The van der Waals surface area contributed by atoms with Gasteiger partial charge in [0.05, 0.1) is 12.7 Å². The summed E-state index contributed by atoms with van der Waals surface area (Å²) in [6, 6.07) is 0. The molecule has 146 valence electrons. The maximum Gasteiger partial charge on any atom is 0.350 e. The summed E-state index contributed by atoms with van der Waals surface area (Å²) in [5.74, 6) is -1.26. The SMILES string of the molecule is C\C=C(/C=C(C)/C=C/CC/C=C(\C)C(=O)[C@]12O[C@H]1[C@H](C)OC2=O)C(=O)OC. The van der Waals surface area contributed by atoms with Crippen molar-refractivity contribution < 1.29 is 28.6 Å². The number of hydrogen-bond donors (Lipinski definition) is 0. The molecule has 0 aromatic heterocycles. The maximum absolute atomic E-state index is 12.5. The average Bonchev–Trinajstić information content (AvgIpc) is 3.36. The number of Topliss-reactive ketones (excluding diaryl/α,β-unsaturated/α-hetero) is 1. The zero-order valence-corrected chi connectivity index (χ0v) is 16.4. The van der Waals surface area contributed by atoms with Gasteiger partial charge in [0.2, 0.25) is 5.78 Å². The Labute approximate surface area is 159 Å². The first-order valence-corrected chi connectivity index (χ1v) is 8.97. The number of allylic oxidation sites excluding steroid dienone is 5. The highest BCUT2D eigenvalue weighted by atomic mass is 16.7. The van der Waals surface area contributed by atoms with E-state index in [0.717, 1.165) is 12.0 Å². The predicted octanol–water partition coefficient (Wildman–Crippen LogP) is 2.99. The Kier molecular flexibility index (Phi) is 6.54. The van der Waals surface area contributed by atoms with Gasteiger partial charge in [0.25, 0.3) is 5.60 Å². The number of cyclic esters (lactones) is 1. The molecule has 0 aromatic rings. The van der Waals surface area contributed by atoms with Crippen LogP contribution in [0.5, 0.6) is 0 Å². The molecule has 2 saturated heterocycles. The largest absolute Gasteiger partial charge is 0.465 e. The maximum atomic E-state index is 12.5. The molecule has 2 fully saturated rings. The quantitative estimate of drug-likeness (QED) is 0.162. The van der Waals surface area contributed by atoms with Crippen LogP contribution in [0.4, 0.5) is 0 Å². The Morgan fingerprint density at radius 2 is 1.96 bits per heavy atom. The van der Waals surface area contributed by atoms with Crippen molar-refractivity contribution in [3.63, 3.8) is 0 Å². The van der Waals surface area contributed by atoms with Crippen LogP contribution in [0.15, 0.2) is 47.1 Å². The van der Waals surface area contributed by atoms with Crippen molar-refractivity contribution in [1.29, 1.82) is 0 Å². The summed E-state index contributed by atoms with van der Waals surface area (Å²) in [7, 11) is 1.35. The standard InChI is InChI=1S/C21H26O6/c1-6-16(19(23)25-5)12-13(2)10-8-7-9-11-14(3)17(22)21-18(27-21)15(4)26-20(21)24/h6,8,10-12,15,18H,7,9H2,1-5H3/b10-8+,13-12+,14-11+,16-6+/t15-,18-,21-/m0/s1. The first kappa shape index (κ1) is 20.8. The first-order chi connectivity index (χ1) is 12.8. The van der Waals surface area contributed by atoms with Crippen LogP contribution in [-0.4, -0.2) is 42.6 Å². The zero-order chi connectivity index (χ0) is 20.2. The van der Waals surface area contributed by atoms with E-state index in [1.54, 1.807) is 39.0 Å². The molecular formula is C21H26O6. The van der Waals surface area contributed by atoms with Gasteiger partial charge in [-0.15, -0.1) is 0 Å². The molecule has 2 rings (SSSR count). The second kappa shape index (κ2) is 8.48. The number of epoxide rings is 1. The van der Waals surface area contributed by atoms with Gasteiger partial charge >= 0.3 is 11.9 Å². The van der Waals surface area contributed by atoms with E-state index in [1.165, 1.54) is 7.11 Å². The molecular weight excluding hydrogens is 348 g/mol. The second-order valence-electron chi connectivity index (χ2n) is 6.70. The van der Waals surface area contributed by atoms with Crippen molar-refractivity contribution >= 4 is 17.7 Å². The van der Waals surface area contributed by atoms with Crippen LogP contribution in [0, 0.1) is 0 Å². The molecule has 2 aliphatic heterocycles. The minimum absolute atomic E-state index is 0.308. The van der Waals surface area contributed by atoms with E-state index in [9.17, 15) is 14.4 Å². The van der Waals surface area contributed by atoms with E-state index in [4.69, 9.17) is 14.2 Å².